The molecule has 6 rings (SSSR count). The number of amides is 1. The molecule has 41 heavy (non-hydrogen) atoms. The number of piperidine rings is 1. The number of thioether (sulfide) groups is 1. The number of benzene rings is 2. The summed E-state index contributed by atoms with van der Waals surface area (Å²) in [6.45, 7) is 3.71. The van der Waals surface area contributed by atoms with E-state index in [-0.39, 0.29) is 23.8 Å². The van der Waals surface area contributed by atoms with Crippen LogP contribution in [-0.2, 0) is 17.8 Å². The number of carbonyl (C=O) groups excluding carboxylic acids is 1. The number of rotatable bonds is 6. The predicted molar refractivity (Wildman–Crippen MR) is 166 cm³/mol. The lowest BCUT2D eigenvalue weighted by Gasteiger charge is -2.33. The first-order chi connectivity index (χ1) is 19.9. The molecule has 6 nitrogen and oxygen atoms in total. The van der Waals surface area contributed by atoms with E-state index in [4.69, 9.17) is 17.2 Å². The van der Waals surface area contributed by atoms with Gasteiger partial charge in [0.05, 0.1) is 17.0 Å². The van der Waals surface area contributed by atoms with E-state index < -0.39 is 0 Å². The molecule has 0 aliphatic carbocycles. The Hall–Kier alpha value is -3.82. The van der Waals surface area contributed by atoms with E-state index >= 15 is 0 Å². The van der Waals surface area contributed by atoms with Crippen LogP contribution in [0.4, 0.5) is 10.2 Å². The van der Waals surface area contributed by atoms with Crippen molar-refractivity contribution in [3.05, 3.63) is 116 Å². The summed E-state index contributed by atoms with van der Waals surface area (Å²) in [5.41, 5.74) is 3.79. The number of carbonyl (C=O) groups is 1. The third-order valence-corrected chi connectivity index (χ3v) is 9.05. The summed E-state index contributed by atoms with van der Waals surface area (Å²) in [6, 6.07) is 20.3. The summed E-state index contributed by atoms with van der Waals surface area (Å²) in [5.74, 6) is 0.547. The highest BCUT2D eigenvalue weighted by molar-refractivity contribution is 8.26. The summed E-state index contributed by atoms with van der Waals surface area (Å²) in [6.07, 6.45) is 6.44. The Balaban J connectivity index is 1.31. The molecule has 0 radical (unpaired) electrons. The smallest absolute Gasteiger partial charge is 0.267 e. The lowest BCUT2D eigenvalue weighted by atomic mass is 9.90. The van der Waals surface area contributed by atoms with Crippen LogP contribution in [0.3, 0.4) is 0 Å². The molecule has 0 bridgehead atoms. The third kappa shape index (κ3) is 5.83. The Labute approximate surface area is 247 Å². The highest BCUT2D eigenvalue weighted by atomic mass is 32.2. The van der Waals surface area contributed by atoms with Gasteiger partial charge >= 0.3 is 0 Å². The van der Waals surface area contributed by atoms with Gasteiger partial charge in [0.15, 0.2) is 0 Å². The lowest BCUT2D eigenvalue weighted by molar-refractivity contribution is -0.122. The molecule has 2 aromatic carbocycles. The van der Waals surface area contributed by atoms with Crippen molar-refractivity contribution in [2.45, 2.75) is 32.7 Å². The van der Waals surface area contributed by atoms with Crippen LogP contribution >= 0.6 is 24.0 Å². The second-order valence-electron chi connectivity index (χ2n) is 10.6. The molecular formula is C32H29FN4O2S2. The zero-order valence-electron chi connectivity index (χ0n) is 22.6. The van der Waals surface area contributed by atoms with E-state index in [0.29, 0.717) is 32.2 Å². The van der Waals surface area contributed by atoms with Crippen LogP contribution in [0.2, 0.25) is 0 Å². The second-order valence-corrected chi connectivity index (χ2v) is 12.3. The van der Waals surface area contributed by atoms with Gasteiger partial charge in [-0.2, -0.15) is 0 Å². The molecule has 4 aromatic rings. The van der Waals surface area contributed by atoms with Crippen molar-refractivity contribution in [2.75, 3.05) is 18.0 Å². The number of thiocarbonyl (C=S) groups is 1. The van der Waals surface area contributed by atoms with Gasteiger partial charge in [-0.1, -0.05) is 72.5 Å². The van der Waals surface area contributed by atoms with Gasteiger partial charge in [-0.25, -0.2) is 9.37 Å². The summed E-state index contributed by atoms with van der Waals surface area (Å²) in [4.78, 5) is 36.3. The van der Waals surface area contributed by atoms with Crippen molar-refractivity contribution in [1.29, 1.82) is 0 Å². The average molecular weight is 585 g/mol. The molecule has 9 heteroatoms. The standard InChI is InChI=1S/C32H29FN4O2S2/c1-21-7-12-28-34-29(35-15-13-23(14-16-35)17-22-5-3-2-4-6-22)26(30(38)36(28)19-21)18-27-31(39)37(32(40)41-27)20-24-8-10-25(33)11-9-24/h2-12,18-19,23H,13-17,20H2,1H3/b27-18+. The Morgan fingerprint density at radius 1 is 1.00 bits per heavy atom. The Kier molecular flexibility index (Phi) is 7.73. The van der Waals surface area contributed by atoms with E-state index in [1.807, 2.05) is 25.1 Å². The molecule has 2 aromatic heterocycles. The molecule has 2 aliphatic heterocycles. The molecule has 0 spiro atoms. The van der Waals surface area contributed by atoms with E-state index in [1.54, 1.807) is 28.8 Å². The predicted octanol–water partition coefficient (Wildman–Crippen LogP) is 6.00. The van der Waals surface area contributed by atoms with Gasteiger partial charge in [0, 0.05) is 19.3 Å². The third-order valence-electron chi connectivity index (χ3n) is 7.67. The summed E-state index contributed by atoms with van der Waals surface area (Å²) in [5, 5.41) is 0. The topological polar surface area (TPSA) is 57.9 Å². The van der Waals surface area contributed by atoms with Crippen molar-refractivity contribution >= 4 is 51.7 Å². The first kappa shape index (κ1) is 27.4. The Bertz CT molecular complexity index is 1710. The van der Waals surface area contributed by atoms with Crippen LogP contribution in [0.25, 0.3) is 11.7 Å². The maximum atomic E-state index is 13.9. The SMILES string of the molecule is Cc1ccc2nc(N3CCC(Cc4ccccc4)CC3)c(/C=C3/SC(=S)N(Cc4ccc(F)cc4)C3=O)c(=O)n2c1. The normalized spacial score (nSPS) is 17.3. The van der Waals surface area contributed by atoms with Gasteiger partial charge in [-0.15, -0.1) is 0 Å². The molecule has 0 N–H and O–H groups in total. The quantitative estimate of drug-likeness (QED) is 0.205. The fourth-order valence-corrected chi connectivity index (χ4v) is 6.69. The van der Waals surface area contributed by atoms with E-state index in [2.05, 4.69) is 29.2 Å². The van der Waals surface area contributed by atoms with Gasteiger partial charge in [0.2, 0.25) is 0 Å². The van der Waals surface area contributed by atoms with Crippen LogP contribution in [-0.4, -0.2) is 37.6 Å². The Morgan fingerprint density at radius 3 is 2.46 bits per heavy atom. The molecule has 1 amide bonds. The molecule has 2 aliphatic rings. The van der Waals surface area contributed by atoms with E-state index in [9.17, 15) is 14.0 Å². The number of aromatic nitrogens is 2. The second kappa shape index (κ2) is 11.6. The summed E-state index contributed by atoms with van der Waals surface area (Å²) < 4.78 is 15.3. The van der Waals surface area contributed by atoms with E-state index in [1.165, 1.54) is 34.4 Å². The van der Waals surface area contributed by atoms with Gasteiger partial charge in [0.1, 0.15) is 21.6 Å². The number of halogens is 1. The molecule has 208 valence electrons. The molecule has 0 atom stereocenters. The fraction of sp³-hybridized carbons (Fsp3) is 0.250. The van der Waals surface area contributed by atoms with Crippen LogP contribution in [0, 0.1) is 18.7 Å². The molecule has 2 fully saturated rings. The highest BCUT2D eigenvalue weighted by Crippen LogP contribution is 2.35. The number of aryl methyl sites for hydroxylation is 1. The average Bonchev–Trinajstić information content (AvgIpc) is 3.24. The van der Waals surface area contributed by atoms with Gasteiger partial charge < -0.3 is 4.90 Å². The lowest BCUT2D eigenvalue weighted by Crippen LogP contribution is -2.37. The first-order valence-electron chi connectivity index (χ1n) is 13.7. The minimum Gasteiger partial charge on any atom is -0.356 e. The van der Waals surface area contributed by atoms with Crippen LogP contribution in [0.15, 0.2) is 82.6 Å². The molecule has 0 saturated carbocycles. The summed E-state index contributed by atoms with van der Waals surface area (Å²) >= 11 is 6.70. The van der Waals surface area contributed by atoms with Crippen molar-refractivity contribution in [1.82, 2.24) is 14.3 Å². The molecule has 0 unspecified atom stereocenters. The first-order valence-corrected chi connectivity index (χ1v) is 14.9. The maximum absolute atomic E-state index is 13.9. The number of pyridine rings is 1. The van der Waals surface area contributed by atoms with Crippen molar-refractivity contribution in [3.8, 4) is 0 Å². The molecular weight excluding hydrogens is 556 g/mol. The minimum atomic E-state index is -0.338. The number of nitrogens with zero attached hydrogens (tertiary/aromatic N) is 4. The number of hydrogen-bond acceptors (Lipinski definition) is 6. The Morgan fingerprint density at radius 2 is 1.73 bits per heavy atom. The monoisotopic (exact) mass is 584 g/mol. The van der Waals surface area contributed by atoms with Crippen LogP contribution < -0.4 is 10.5 Å². The van der Waals surface area contributed by atoms with Crippen molar-refractivity contribution < 1.29 is 9.18 Å². The number of fused-ring (bicyclic) bond motifs is 1. The molecule has 4 heterocycles. The van der Waals surface area contributed by atoms with Gasteiger partial charge in [-0.3, -0.25) is 18.9 Å². The van der Waals surface area contributed by atoms with E-state index in [0.717, 1.165) is 43.5 Å². The molecule has 2 saturated heterocycles. The number of anilines is 1. The minimum absolute atomic E-state index is 0.219. The summed E-state index contributed by atoms with van der Waals surface area (Å²) in [7, 11) is 0. The fourth-order valence-electron chi connectivity index (χ4n) is 5.45. The zero-order valence-corrected chi connectivity index (χ0v) is 24.3. The van der Waals surface area contributed by atoms with Gasteiger partial charge in [0.25, 0.3) is 11.5 Å². The van der Waals surface area contributed by atoms with Crippen LogP contribution in [0.1, 0.15) is 35.1 Å². The maximum Gasteiger partial charge on any atom is 0.267 e. The van der Waals surface area contributed by atoms with Crippen molar-refractivity contribution in [2.24, 2.45) is 5.92 Å². The number of hydrogen-bond donors (Lipinski definition) is 0. The zero-order chi connectivity index (χ0) is 28.5. The van der Waals surface area contributed by atoms with Crippen molar-refractivity contribution in [3.63, 3.8) is 0 Å². The highest BCUT2D eigenvalue weighted by Gasteiger charge is 2.33. The van der Waals surface area contributed by atoms with Crippen LogP contribution in [0.5, 0.6) is 0 Å². The van der Waals surface area contributed by atoms with Gasteiger partial charge in [-0.05, 0) is 73.1 Å². The largest absolute Gasteiger partial charge is 0.356 e.